The summed E-state index contributed by atoms with van der Waals surface area (Å²) in [6.07, 6.45) is 9.32. The summed E-state index contributed by atoms with van der Waals surface area (Å²) >= 11 is 3.72. The van der Waals surface area contributed by atoms with Crippen molar-refractivity contribution in [1.82, 2.24) is 5.32 Å². The second kappa shape index (κ2) is 7.50. The van der Waals surface area contributed by atoms with E-state index < -0.39 is 0 Å². The van der Waals surface area contributed by atoms with E-state index in [1.807, 2.05) is 6.92 Å². The molecular formula is C24H36BrNO2. The van der Waals surface area contributed by atoms with Gasteiger partial charge in [0.15, 0.2) is 11.5 Å². The van der Waals surface area contributed by atoms with E-state index in [1.54, 1.807) is 0 Å². The van der Waals surface area contributed by atoms with Crippen LogP contribution in [-0.4, -0.2) is 18.8 Å². The molecule has 2 unspecified atom stereocenters. The van der Waals surface area contributed by atoms with Crippen molar-refractivity contribution in [2.24, 2.45) is 16.7 Å². The van der Waals surface area contributed by atoms with E-state index in [0.717, 1.165) is 34.9 Å². The molecule has 0 aliphatic heterocycles. The molecule has 0 saturated heterocycles. The lowest BCUT2D eigenvalue weighted by Gasteiger charge is -2.65. The molecule has 4 bridgehead atoms. The molecule has 0 radical (unpaired) electrons. The lowest BCUT2D eigenvalue weighted by atomic mass is 9.43. The van der Waals surface area contributed by atoms with Gasteiger partial charge in [-0.25, -0.2) is 0 Å². The SMILES string of the molecule is CCCOc1c(Br)cc(CNC23CC4C[C@@](C)(C2)C[C@](C)(C4)C3)cc1OCC. The maximum absolute atomic E-state index is 5.94. The molecule has 3 nitrogen and oxygen atoms in total. The van der Waals surface area contributed by atoms with E-state index in [-0.39, 0.29) is 0 Å². The third-order valence-corrected chi connectivity index (χ3v) is 7.70. The molecule has 0 spiro atoms. The van der Waals surface area contributed by atoms with Gasteiger partial charge in [-0.1, -0.05) is 20.8 Å². The van der Waals surface area contributed by atoms with Crippen LogP contribution in [0.5, 0.6) is 11.5 Å². The predicted octanol–water partition coefficient (Wildman–Crippen LogP) is 6.48. The van der Waals surface area contributed by atoms with E-state index in [9.17, 15) is 0 Å². The lowest BCUT2D eigenvalue weighted by molar-refractivity contribution is -0.118. The van der Waals surface area contributed by atoms with Crippen molar-refractivity contribution >= 4 is 15.9 Å². The molecular weight excluding hydrogens is 414 g/mol. The fourth-order valence-corrected chi connectivity index (χ4v) is 7.87. The van der Waals surface area contributed by atoms with Crippen LogP contribution in [0, 0.1) is 16.7 Å². The fourth-order valence-electron chi connectivity index (χ4n) is 7.26. The number of halogens is 1. The molecule has 4 saturated carbocycles. The molecule has 5 rings (SSSR count). The topological polar surface area (TPSA) is 30.5 Å². The van der Waals surface area contributed by atoms with Gasteiger partial charge in [-0.3, -0.25) is 0 Å². The van der Waals surface area contributed by atoms with Crippen molar-refractivity contribution in [2.45, 2.75) is 84.7 Å². The Morgan fingerprint density at radius 1 is 1.04 bits per heavy atom. The zero-order chi connectivity index (χ0) is 20.0. The Balaban J connectivity index is 1.52. The second-order valence-corrected chi connectivity index (χ2v) is 11.3. The lowest BCUT2D eigenvalue weighted by Crippen LogP contribution is -2.63. The molecule has 4 aliphatic carbocycles. The van der Waals surface area contributed by atoms with E-state index in [0.29, 0.717) is 29.6 Å². The zero-order valence-corrected chi connectivity index (χ0v) is 19.6. The number of nitrogens with one attached hydrogen (secondary N) is 1. The van der Waals surface area contributed by atoms with Crippen molar-refractivity contribution in [1.29, 1.82) is 0 Å². The van der Waals surface area contributed by atoms with Gasteiger partial charge in [0.05, 0.1) is 17.7 Å². The summed E-state index contributed by atoms with van der Waals surface area (Å²) in [4.78, 5) is 0. The third kappa shape index (κ3) is 3.96. The molecule has 1 aromatic rings. The standard InChI is InChI=1S/C24H36BrNO2/c1-5-7-28-21-19(25)8-17(9-20(21)27-6-2)13-26-24-12-18-10-22(3,15-24)14-23(4,11-18)16-24/h8-9,18,26H,5-7,10-16H2,1-4H3/t18?,22-,23+,24?. The maximum Gasteiger partial charge on any atom is 0.175 e. The number of benzene rings is 1. The van der Waals surface area contributed by atoms with Crippen LogP contribution < -0.4 is 14.8 Å². The largest absolute Gasteiger partial charge is 0.490 e. The Hall–Kier alpha value is -0.740. The summed E-state index contributed by atoms with van der Waals surface area (Å²) in [5.74, 6) is 2.60. The van der Waals surface area contributed by atoms with Crippen molar-refractivity contribution in [2.75, 3.05) is 13.2 Å². The van der Waals surface area contributed by atoms with E-state index in [2.05, 4.69) is 54.2 Å². The van der Waals surface area contributed by atoms with Gasteiger partial charge in [-0.15, -0.1) is 0 Å². The Kier molecular flexibility index (Phi) is 5.50. The van der Waals surface area contributed by atoms with Crippen LogP contribution in [0.15, 0.2) is 16.6 Å². The zero-order valence-electron chi connectivity index (χ0n) is 18.0. The third-order valence-electron chi connectivity index (χ3n) is 7.11. The van der Waals surface area contributed by atoms with Gasteiger partial charge in [0.2, 0.25) is 0 Å². The van der Waals surface area contributed by atoms with Gasteiger partial charge in [-0.05, 0) is 102 Å². The highest BCUT2D eigenvalue weighted by Crippen LogP contribution is 2.66. The van der Waals surface area contributed by atoms with Crippen LogP contribution in [-0.2, 0) is 6.54 Å². The minimum Gasteiger partial charge on any atom is -0.490 e. The van der Waals surface area contributed by atoms with Gasteiger partial charge < -0.3 is 14.8 Å². The Bertz CT molecular complexity index is 716. The predicted molar refractivity (Wildman–Crippen MR) is 118 cm³/mol. The highest BCUT2D eigenvalue weighted by molar-refractivity contribution is 9.10. The Morgan fingerprint density at radius 2 is 1.75 bits per heavy atom. The van der Waals surface area contributed by atoms with Gasteiger partial charge in [0.1, 0.15) is 0 Å². The van der Waals surface area contributed by atoms with E-state index in [4.69, 9.17) is 9.47 Å². The van der Waals surface area contributed by atoms with Gasteiger partial charge in [-0.2, -0.15) is 0 Å². The van der Waals surface area contributed by atoms with Crippen molar-refractivity contribution in [3.63, 3.8) is 0 Å². The molecule has 0 heterocycles. The van der Waals surface area contributed by atoms with Crippen LogP contribution in [0.4, 0.5) is 0 Å². The fraction of sp³-hybridized carbons (Fsp3) is 0.750. The first kappa shape index (κ1) is 20.5. The van der Waals surface area contributed by atoms with Crippen molar-refractivity contribution in [3.8, 4) is 11.5 Å². The summed E-state index contributed by atoms with van der Waals surface area (Å²) in [6.45, 7) is 11.5. The summed E-state index contributed by atoms with van der Waals surface area (Å²) in [5.41, 5.74) is 2.66. The molecule has 4 fully saturated rings. The van der Waals surface area contributed by atoms with Crippen molar-refractivity contribution in [3.05, 3.63) is 22.2 Å². The summed E-state index contributed by atoms with van der Waals surface area (Å²) in [6, 6.07) is 4.36. The summed E-state index contributed by atoms with van der Waals surface area (Å²) in [7, 11) is 0. The Morgan fingerprint density at radius 3 is 2.36 bits per heavy atom. The smallest absolute Gasteiger partial charge is 0.175 e. The van der Waals surface area contributed by atoms with Crippen LogP contribution in [0.25, 0.3) is 0 Å². The highest BCUT2D eigenvalue weighted by Gasteiger charge is 2.59. The molecule has 1 N–H and O–H groups in total. The first-order valence-electron chi connectivity index (χ1n) is 11.1. The molecule has 4 atom stereocenters. The summed E-state index contributed by atoms with van der Waals surface area (Å²) < 4.78 is 12.8. The number of hydrogen-bond acceptors (Lipinski definition) is 3. The molecule has 28 heavy (non-hydrogen) atoms. The molecule has 156 valence electrons. The quantitative estimate of drug-likeness (QED) is 0.492. The number of ether oxygens (including phenoxy) is 2. The second-order valence-electron chi connectivity index (χ2n) is 10.5. The van der Waals surface area contributed by atoms with Crippen LogP contribution in [0.2, 0.25) is 0 Å². The molecule has 0 amide bonds. The monoisotopic (exact) mass is 449 g/mol. The minimum atomic E-state index is 0.318. The van der Waals surface area contributed by atoms with E-state index >= 15 is 0 Å². The molecule has 1 aromatic carbocycles. The number of hydrogen-bond donors (Lipinski definition) is 1. The van der Waals surface area contributed by atoms with Crippen LogP contribution in [0.3, 0.4) is 0 Å². The molecule has 4 aliphatic rings. The first-order chi connectivity index (χ1) is 13.3. The minimum absolute atomic E-state index is 0.318. The van der Waals surface area contributed by atoms with E-state index in [1.165, 1.54) is 44.1 Å². The maximum atomic E-state index is 5.94. The molecule has 0 aromatic heterocycles. The Labute approximate surface area is 179 Å². The highest BCUT2D eigenvalue weighted by atomic mass is 79.9. The van der Waals surface area contributed by atoms with Crippen LogP contribution >= 0.6 is 15.9 Å². The number of rotatable bonds is 8. The average molecular weight is 450 g/mol. The molecule has 4 heteroatoms. The van der Waals surface area contributed by atoms with Crippen molar-refractivity contribution < 1.29 is 9.47 Å². The normalized spacial score (nSPS) is 36.0. The average Bonchev–Trinajstić information content (AvgIpc) is 2.56. The van der Waals surface area contributed by atoms with Gasteiger partial charge in [0.25, 0.3) is 0 Å². The van der Waals surface area contributed by atoms with Crippen LogP contribution in [0.1, 0.15) is 78.2 Å². The van der Waals surface area contributed by atoms with Gasteiger partial charge in [0, 0.05) is 12.1 Å². The summed E-state index contributed by atoms with van der Waals surface area (Å²) in [5, 5.41) is 4.04. The first-order valence-corrected chi connectivity index (χ1v) is 11.9. The van der Waals surface area contributed by atoms with Gasteiger partial charge >= 0.3 is 0 Å².